The number of fused-ring (bicyclic) bond motifs is 1. The first-order valence-electron chi connectivity index (χ1n) is 10.7. The van der Waals surface area contributed by atoms with Crippen molar-refractivity contribution in [2.45, 2.75) is 19.3 Å². The summed E-state index contributed by atoms with van der Waals surface area (Å²) >= 11 is 0. The molecule has 2 saturated heterocycles. The molecule has 152 valence electrons. The smallest absolute Gasteiger partial charge is 0.139 e. The van der Waals surface area contributed by atoms with E-state index in [4.69, 9.17) is 0 Å². The Hall–Kier alpha value is -2.67. The molecule has 2 aliphatic heterocycles. The predicted octanol–water partition coefficient (Wildman–Crippen LogP) is 2.33. The van der Waals surface area contributed by atoms with E-state index >= 15 is 0 Å². The molecule has 0 aliphatic carbocycles. The molecule has 0 bridgehead atoms. The summed E-state index contributed by atoms with van der Waals surface area (Å²) in [5.41, 5.74) is 2.33. The number of hydrogen-bond acceptors (Lipinski definition) is 6. The Labute approximate surface area is 172 Å². The van der Waals surface area contributed by atoms with Crippen LogP contribution >= 0.6 is 0 Å². The van der Waals surface area contributed by atoms with Gasteiger partial charge in [0.15, 0.2) is 0 Å². The molecule has 0 unspecified atom stereocenters. The van der Waals surface area contributed by atoms with Gasteiger partial charge in [-0.15, -0.1) is 0 Å². The number of rotatable bonds is 5. The number of aromatic nitrogens is 4. The average molecular weight is 392 g/mol. The molecule has 5 rings (SSSR count). The van der Waals surface area contributed by atoms with Gasteiger partial charge in [0.05, 0.1) is 5.52 Å². The van der Waals surface area contributed by atoms with Gasteiger partial charge in [-0.1, -0.05) is 0 Å². The van der Waals surface area contributed by atoms with E-state index in [1.807, 2.05) is 12.4 Å². The van der Waals surface area contributed by atoms with Gasteiger partial charge in [0.1, 0.15) is 18.0 Å². The Bertz CT molecular complexity index is 968. The highest BCUT2D eigenvalue weighted by Crippen LogP contribution is 2.29. The molecule has 7 nitrogen and oxygen atoms in total. The van der Waals surface area contributed by atoms with Crippen molar-refractivity contribution in [1.82, 2.24) is 24.4 Å². The van der Waals surface area contributed by atoms with Gasteiger partial charge in [0.2, 0.25) is 0 Å². The molecular formula is C22H29N7. The maximum absolute atomic E-state index is 4.62. The minimum atomic E-state index is 1.01. The number of nitrogens with zero attached hydrogens (tertiary/aromatic N) is 7. The van der Waals surface area contributed by atoms with Crippen LogP contribution in [-0.2, 0) is 13.5 Å². The molecule has 0 N–H and O–H groups in total. The zero-order chi connectivity index (χ0) is 19.6. The molecular weight excluding hydrogens is 362 g/mol. The molecule has 3 aromatic rings. The molecule has 0 atom stereocenters. The van der Waals surface area contributed by atoms with E-state index in [0.717, 1.165) is 69.4 Å². The molecule has 0 radical (unpaired) electrons. The lowest BCUT2D eigenvalue weighted by Gasteiger charge is -2.36. The van der Waals surface area contributed by atoms with Crippen molar-refractivity contribution in [2.75, 3.05) is 55.6 Å². The Kier molecular flexibility index (Phi) is 5.06. The third-order valence-corrected chi connectivity index (χ3v) is 6.31. The zero-order valence-corrected chi connectivity index (χ0v) is 17.2. The number of piperazine rings is 1. The van der Waals surface area contributed by atoms with Gasteiger partial charge in [0, 0.05) is 82.7 Å². The molecule has 0 spiro atoms. The summed E-state index contributed by atoms with van der Waals surface area (Å²) in [6.45, 7) is 7.57. The van der Waals surface area contributed by atoms with Crippen LogP contribution in [0.25, 0.3) is 10.9 Å². The van der Waals surface area contributed by atoms with Crippen molar-refractivity contribution in [2.24, 2.45) is 7.05 Å². The topological polar surface area (TPSA) is 53.3 Å². The molecule has 7 heteroatoms. The molecule has 0 saturated carbocycles. The van der Waals surface area contributed by atoms with E-state index in [0.29, 0.717) is 0 Å². The second-order valence-corrected chi connectivity index (χ2v) is 8.13. The Morgan fingerprint density at radius 2 is 1.72 bits per heavy atom. The fraction of sp³-hybridized carbons (Fsp3) is 0.500. The van der Waals surface area contributed by atoms with Gasteiger partial charge in [0.25, 0.3) is 0 Å². The van der Waals surface area contributed by atoms with Gasteiger partial charge in [-0.05, 0) is 31.0 Å². The fourth-order valence-corrected chi connectivity index (χ4v) is 4.53. The van der Waals surface area contributed by atoms with E-state index in [-0.39, 0.29) is 0 Å². The third-order valence-electron chi connectivity index (χ3n) is 6.31. The first kappa shape index (κ1) is 18.4. The van der Waals surface area contributed by atoms with Gasteiger partial charge < -0.3 is 14.4 Å². The minimum Gasteiger partial charge on any atom is -0.369 e. The van der Waals surface area contributed by atoms with Crippen LogP contribution in [0.2, 0.25) is 0 Å². The lowest BCUT2D eigenvalue weighted by Crippen LogP contribution is -2.47. The van der Waals surface area contributed by atoms with Crippen molar-refractivity contribution < 1.29 is 0 Å². The quantitative estimate of drug-likeness (QED) is 0.665. The van der Waals surface area contributed by atoms with Crippen molar-refractivity contribution in [3.05, 3.63) is 42.7 Å². The number of anilines is 2. The van der Waals surface area contributed by atoms with Crippen molar-refractivity contribution in [1.29, 1.82) is 0 Å². The van der Waals surface area contributed by atoms with Gasteiger partial charge in [-0.25, -0.2) is 15.0 Å². The summed E-state index contributed by atoms with van der Waals surface area (Å²) in [7, 11) is 2.07. The average Bonchev–Trinajstić information content (AvgIpc) is 3.44. The van der Waals surface area contributed by atoms with Crippen LogP contribution in [0.4, 0.5) is 11.5 Å². The molecule has 0 amide bonds. The summed E-state index contributed by atoms with van der Waals surface area (Å²) < 4.78 is 2.12. The van der Waals surface area contributed by atoms with E-state index in [9.17, 15) is 0 Å². The standard InChI is InChI=1S/C22H29N7/c1-26-11-7-23-21(26)6-10-27-12-14-28(15-13-27)18-4-5-20-19(16-18)22(25-17-24-20)29-8-2-3-9-29/h4-5,7,11,16-17H,2-3,6,8-10,12-15H2,1H3. The number of imidazole rings is 1. The number of hydrogen-bond donors (Lipinski definition) is 0. The summed E-state index contributed by atoms with van der Waals surface area (Å²) in [6, 6.07) is 6.67. The van der Waals surface area contributed by atoms with Gasteiger partial charge in [-0.3, -0.25) is 4.90 Å². The number of benzene rings is 1. The largest absolute Gasteiger partial charge is 0.369 e. The molecule has 4 heterocycles. The van der Waals surface area contributed by atoms with Crippen LogP contribution in [0.1, 0.15) is 18.7 Å². The lowest BCUT2D eigenvalue weighted by molar-refractivity contribution is 0.259. The first-order valence-corrected chi connectivity index (χ1v) is 10.7. The van der Waals surface area contributed by atoms with E-state index in [1.165, 1.54) is 23.9 Å². The highest BCUT2D eigenvalue weighted by atomic mass is 15.3. The third kappa shape index (κ3) is 3.79. The highest BCUT2D eigenvalue weighted by Gasteiger charge is 2.20. The monoisotopic (exact) mass is 391 g/mol. The second-order valence-electron chi connectivity index (χ2n) is 8.13. The highest BCUT2D eigenvalue weighted by molar-refractivity contribution is 5.92. The maximum Gasteiger partial charge on any atom is 0.139 e. The lowest BCUT2D eigenvalue weighted by atomic mass is 10.1. The van der Waals surface area contributed by atoms with E-state index in [1.54, 1.807) is 6.33 Å². The van der Waals surface area contributed by atoms with Crippen LogP contribution in [0.5, 0.6) is 0 Å². The first-order chi connectivity index (χ1) is 14.3. The maximum atomic E-state index is 4.62. The summed E-state index contributed by atoms with van der Waals surface area (Å²) in [5, 5.41) is 1.18. The predicted molar refractivity (Wildman–Crippen MR) is 117 cm³/mol. The summed E-state index contributed by atoms with van der Waals surface area (Å²) in [5.74, 6) is 2.26. The van der Waals surface area contributed by atoms with Crippen LogP contribution in [0.3, 0.4) is 0 Å². The summed E-state index contributed by atoms with van der Waals surface area (Å²) in [4.78, 5) is 21.0. The Morgan fingerprint density at radius 3 is 2.48 bits per heavy atom. The minimum absolute atomic E-state index is 1.01. The molecule has 2 aliphatic rings. The summed E-state index contributed by atoms with van der Waals surface area (Å²) in [6.07, 6.45) is 9.13. The molecule has 29 heavy (non-hydrogen) atoms. The van der Waals surface area contributed by atoms with Crippen LogP contribution in [-0.4, -0.2) is 70.2 Å². The van der Waals surface area contributed by atoms with E-state index < -0.39 is 0 Å². The van der Waals surface area contributed by atoms with Gasteiger partial charge >= 0.3 is 0 Å². The second kappa shape index (κ2) is 7.99. The Balaban J connectivity index is 1.27. The molecule has 2 fully saturated rings. The van der Waals surface area contributed by atoms with Crippen LogP contribution < -0.4 is 9.80 Å². The fourth-order valence-electron chi connectivity index (χ4n) is 4.53. The molecule has 1 aromatic carbocycles. The number of aryl methyl sites for hydroxylation is 1. The van der Waals surface area contributed by atoms with Crippen molar-refractivity contribution >= 4 is 22.4 Å². The Morgan fingerprint density at radius 1 is 0.897 bits per heavy atom. The van der Waals surface area contributed by atoms with Crippen LogP contribution in [0, 0.1) is 0 Å². The normalized spacial score (nSPS) is 18.1. The SMILES string of the molecule is Cn1ccnc1CCN1CCN(c2ccc3ncnc(N4CCCC4)c3c2)CC1. The zero-order valence-electron chi connectivity index (χ0n) is 17.2. The van der Waals surface area contributed by atoms with Crippen LogP contribution in [0.15, 0.2) is 36.9 Å². The van der Waals surface area contributed by atoms with Gasteiger partial charge in [-0.2, -0.15) is 0 Å². The van der Waals surface area contributed by atoms with Crippen molar-refractivity contribution in [3.8, 4) is 0 Å². The van der Waals surface area contributed by atoms with Crippen molar-refractivity contribution in [3.63, 3.8) is 0 Å². The molecule has 2 aromatic heterocycles. The van der Waals surface area contributed by atoms with E-state index in [2.05, 4.69) is 59.5 Å².